The number of benzene rings is 2. The van der Waals surface area contributed by atoms with Gasteiger partial charge < -0.3 is 0 Å². The third-order valence-corrected chi connectivity index (χ3v) is 14.3. The van der Waals surface area contributed by atoms with E-state index in [1.54, 1.807) is 10.9 Å². The third-order valence-electron chi connectivity index (χ3n) is 8.15. The summed E-state index contributed by atoms with van der Waals surface area (Å²) in [5.41, 5.74) is 3.71. The molecule has 0 aromatic heterocycles. The Bertz CT molecular complexity index is 1050. The Morgan fingerprint density at radius 2 is 1.08 bits per heavy atom. The van der Waals surface area contributed by atoms with Crippen molar-refractivity contribution in [3.05, 3.63) is 115 Å². The van der Waals surface area contributed by atoms with Gasteiger partial charge in [-0.25, -0.2) is 18.2 Å². The van der Waals surface area contributed by atoms with Crippen LogP contribution in [0.25, 0.3) is 0 Å². The van der Waals surface area contributed by atoms with Gasteiger partial charge in [0.2, 0.25) is 0 Å². The second-order valence-electron chi connectivity index (χ2n) is 10.7. The summed E-state index contributed by atoms with van der Waals surface area (Å²) in [6.07, 6.45) is 16.2. The van der Waals surface area contributed by atoms with Gasteiger partial charge in [0.1, 0.15) is 0 Å². The monoisotopic (exact) mass is 580 g/mol. The first kappa shape index (κ1) is 29.5. The van der Waals surface area contributed by atoms with Crippen molar-refractivity contribution in [1.82, 2.24) is 0 Å². The minimum Gasteiger partial charge on any atom is -0.214 e. The van der Waals surface area contributed by atoms with E-state index in [1.807, 2.05) is 30.3 Å². The molecule has 2 aliphatic carbocycles. The second-order valence-corrected chi connectivity index (χ2v) is 15.7. The molecule has 0 nitrogen and oxygen atoms in total. The minimum atomic E-state index is -0.485. The van der Waals surface area contributed by atoms with Crippen LogP contribution in [0.15, 0.2) is 109 Å². The van der Waals surface area contributed by atoms with Crippen molar-refractivity contribution >= 4 is 31.8 Å². The Morgan fingerprint density at radius 1 is 0.579 bits per heavy atom. The van der Waals surface area contributed by atoms with Gasteiger partial charge in [-0.1, -0.05) is 105 Å². The van der Waals surface area contributed by atoms with Crippen LogP contribution >= 0.6 is 15.8 Å². The molecule has 0 heterocycles. The molecule has 0 spiro atoms. The minimum absolute atomic E-state index is 0. The summed E-state index contributed by atoms with van der Waals surface area (Å²) in [7, 11) is -0.401. The molecular weight excluding hydrogens is 538 g/mol. The molecule has 200 valence electrons. The van der Waals surface area contributed by atoms with Gasteiger partial charge in [-0.3, -0.25) is 0 Å². The molecule has 0 unspecified atom stereocenters. The van der Waals surface area contributed by atoms with Gasteiger partial charge in [0.15, 0.2) is 0 Å². The van der Waals surface area contributed by atoms with Crippen LogP contribution in [-0.2, 0) is 23.2 Å². The maximum Gasteiger partial charge on any atom is 2.00 e. The van der Waals surface area contributed by atoms with E-state index < -0.39 is 7.92 Å². The molecule has 4 aromatic carbocycles. The SMILES string of the molecule is [Fe+2].c1cc[cH-]c1.c1ccc(P(c2ccccc2)c2[cH-]ccc2CP(C2CCCCC2)C2CCCCC2)cc1. The van der Waals surface area contributed by atoms with Crippen LogP contribution in [0.5, 0.6) is 0 Å². The van der Waals surface area contributed by atoms with Crippen LogP contribution in [0.3, 0.4) is 0 Å². The smallest absolute Gasteiger partial charge is 0.214 e. The van der Waals surface area contributed by atoms with E-state index in [1.165, 1.54) is 81.0 Å². The number of rotatable bonds is 7. The Balaban J connectivity index is 0.000000504. The Labute approximate surface area is 244 Å². The number of hydrogen-bond acceptors (Lipinski definition) is 0. The predicted octanol–water partition coefficient (Wildman–Crippen LogP) is 9.21. The summed E-state index contributed by atoms with van der Waals surface area (Å²) in [4.78, 5) is 0. The van der Waals surface area contributed by atoms with Crippen LogP contribution in [0.1, 0.15) is 69.8 Å². The fourth-order valence-corrected chi connectivity index (χ4v) is 12.7. The quantitative estimate of drug-likeness (QED) is 0.116. The van der Waals surface area contributed by atoms with Crippen molar-refractivity contribution in [3.8, 4) is 0 Å². The van der Waals surface area contributed by atoms with Gasteiger partial charge in [0.25, 0.3) is 0 Å². The summed E-state index contributed by atoms with van der Waals surface area (Å²) in [5, 5.41) is 4.60. The van der Waals surface area contributed by atoms with Crippen LogP contribution in [0, 0.1) is 0 Å². The second kappa shape index (κ2) is 15.9. The molecule has 4 aromatic rings. The summed E-state index contributed by atoms with van der Waals surface area (Å²) in [6.45, 7) is 0. The molecule has 2 aliphatic rings. The normalized spacial score (nSPS) is 16.6. The van der Waals surface area contributed by atoms with E-state index in [4.69, 9.17) is 0 Å². The van der Waals surface area contributed by atoms with Gasteiger partial charge in [-0.15, -0.1) is 13.2 Å². The molecule has 0 radical (unpaired) electrons. The van der Waals surface area contributed by atoms with Crippen molar-refractivity contribution < 1.29 is 17.1 Å². The summed E-state index contributed by atoms with van der Waals surface area (Å²) in [6, 6.07) is 39.8. The Hall–Kier alpha value is -1.48. The van der Waals surface area contributed by atoms with E-state index in [0.717, 1.165) is 11.3 Å². The van der Waals surface area contributed by atoms with Gasteiger partial charge in [-0.05, 0) is 55.5 Å². The van der Waals surface area contributed by atoms with Crippen molar-refractivity contribution in [3.63, 3.8) is 0 Å². The zero-order valence-electron chi connectivity index (χ0n) is 22.6. The van der Waals surface area contributed by atoms with Gasteiger partial charge in [-0.2, -0.15) is 35.9 Å². The molecule has 3 heteroatoms. The fraction of sp³-hybridized carbons (Fsp3) is 0.371. The van der Waals surface area contributed by atoms with E-state index in [2.05, 4.69) is 78.9 Å². The zero-order valence-corrected chi connectivity index (χ0v) is 25.5. The summed E-state index contributed by atoms with van der Waals surface area (Å²) in [5.74, 6) is 0. The Kier molecular flexibility index (Phi) is 12.4. The molecule has 0 aliphatic heterocycles. The molecule has 0 saturated heterocycles. The van der Waals surface area contributed by atoms with Crippen molar-refractivity contribution in [1.29, 1.82) is 0 Å². The molecule has 6 rings (SSSR count). The largest absolute Gasteiger partial charge is 2.00 e. The molecule has 2 saturated carbocycles. The van der Waals surface area contributed by atoms with Crippen LogP contribution in [0.2, 0.25) is 0 Å². The molecule has 38 heavy (non-hydrogen) atoms. The Morgan fingerprint density at radius 3 is 1.53 bits per heavy atom. The maximum absolute atomic E-state index is 2.48. The maximum atomic E-state index is 2.48. The average molecular weight is 581 g/mol. The van der Waals surface area contributed by atoms with E-state index >= 15 is 0 Å². The van der Waals surface area contributed by atoms with Gasteiger partial charge in [0, 0.05) is 0 Å². The van der Waals surface area contributed by atoms with E-state index in [0.29, 0.717) is 0 Å². The van der Waals surface area contributed by atoms with Crippen molar-refractivity contribution in [2.45, 2.75) is 81.7 Å². The van der Waals surface area contributed by atoms with Crippen LogP contribution in [-0.4, -0.2) is 11.3 Å². The van der Waals surface area contributed by atoms with Crippen molar-refractivity contribution in [2.75, 3.05) is 0 Å². The fourth-order valence-electron chi connectivity index (χ4n) is 6.28. The van der Waals surface area contributed by atoms with E-state index in [9.17, 15) is 0 Å². The first-order valence-corrected chi connectivity index (χ1v) is 17.5. The third kappa shape index (κ3) is 8.03. The van der Waals surface area contributed by atoms with Gasteiger partial charge >= 0.3 is 17.1 Å². The molecule has 0 N–H and O–H groups in total. The van der Waals surface area contributed by atoms with Crippen molar-refractivity contribution in [2.24, 2.45) is 0 Å². The van der Waals surface area contributed by atoms with Crippen LogP contribution in [0.4, 0.5) is 0 Å². The summed E-state index contributed by atoms with van der Waals surface area (Å²) < 4.78 is 0. The topological polar surface area (TPSA) is 0 Å². The molecule has 0 bridgehead atoms. The molecule has 0 atom stereocenters. The number of hydrogen-bond donors (Lipinski definition) is 0. The van der Waals surface area contributed by atoms with E-state index in [-0.39, 0.29) is 25.0 Å². The average Bonchev–Trinajstić information content (AvgIpc) is 3.70. The summed E-state index contributed by atoms with van der Waals surface area (Å²) >= 11 is 0. The molecule has 0 amide bonds. The zero-order chi connectivity index (χ0) is 25.1. The first-order valence-electron chi connectivity index (χ1n) is 14.5. The molecular formula is C35H42FeP2. The predicted molar refractivity (Wildman–Crippen MR) is 167 cm³/mol. The first-order chi connectivity index (χ1) is 18.4. The molecule has 2 fully saturated rings. The standard InChI is InChI=1S/C30H37P2.C5H5.Fe/c1-5-15-26(16-6-1)31(27-17-7-2-8-18-27)24-25-14-13-23-30(25)32(28-19-9-3-10-20-28)29-21-11-4-12-22-29;1-2-4-5-3-1;/h3-4,9-14,19-23,26-27H,1-2,5-8,15-18,24H2;1-5H;/q2*-1;+2. The van der Waals surface area contributed by atoms with Crippen LogP contribution < -0.4 is 15.9 Å². The van der Waals surface area contributed by atoms with Gasteiger partial charge in [0.05, 0.1) is 0 Å².